The minimum atomic E-state index is -0.648. The SMILES string of the molecule is CCCc1cc(C(=O)N2C[C@@H](CC)[C@@H]2C(=O)NO)cc(OC)c1OC.NO. The number of carbonyl (C=O) groups excluding carboxylic acids is 2. The average molecular weight is 383 g/mol. The molecule has 2 amide bonds. The number of likely N-dealkylation sites (tertiary alicyclic amines) is 1. The third kappa shape index (κ3) is 4.68. The summed E-state index contributed by atoms with van der Waals surface area (Å²) in [4.78, 5) is 26.3. The maximum atomic E-state index is 12.9. The first kappa shape index (κ1) is 22.7. The van der Waals surface area contributed by atoms with Crippen molar-refractivity contribution in [2.24, 2.45) is 11.8 Å². The van der Waals surface area contributed by atoms with Gasteiger partial charge in [0.25, 0.3) is 11.8 Å². The lowest BCUT2D eigenvalue weighted by atomic mass is 9.85. The van der Waals surface area contributed by atoms with Gasteiger partial charge in [-0.3, -0.25) is 14.8 Å². The topological polar surface area (TPSA) is 134 Å². The van der Waals surface area contributed by atoms with Crippen molar-refractivity contribution in [1.82, 2.24) is 10.4 Å². The smallest absolute Gasteiger partial charge is 0.266 e. The van der Waals surface area contributed by atoms with Gasteiger partial charge in [0.05, 0.1) is 14.2 Å². The number of hydroxylamine groups is 1. The Kier molecular flexibility index (Phi) is 8.99. The van der Waals surface area contributed by atoms with Crippen LogP contribution in [0, 0.1) is 5.92 Å². The zero-order valence-corrected chi connectivity index (χ0v) is 16.2. The second kappa shape index (κ2) is 10.7. The molecule has 1 aliphatic heterocycles. The molecule has 1 aromatic carbocycles. The van der Waals surface area contributed by atoms with Gasteiger partial charge in [-0.2, -0.15) is 0 Å². The Bertz CT molecular complexity index is 652. The number of benzene rings is 1. The molecule has 152 valence electrons. The second-order valence-corrected chi connectivity index (χ2v) is 6.17. The van der Waals surface area contributed by atoms with Gasteiger partial charge in [-0.15, -0.1) is 0 Å². The Labute approximate surface area is 159 Å². The van der Waals surface area contributed by atoms with Crippen LogP contribution in [0.2, 0.25) is 0 Å². The summed E-state index contributed by atoms with van der Waals surface area (Å²) in [5.41, 5.74) is 3.00. The van der Waals surface area contributed by atoms with Crippen molar-refractivity contribution in [2.75, 3.05) is 20.8 Å². The number of nitrogens with one attached hydrogen (secondary N) is 1. The Balaban J connectivity index is 0.00000176. The highest BCUT2D eigenvalue weighted by Gasteiger charge is 2.45. The first-order valence-electron chi connectivity index (χ1n) is 8.77. The summed E-state index contributed by atoms with van der Waals surface area (Å²) >= 11 is 0. The molecule has 1 saturated heterocycles. The van der Waals surface area contributed by atoms with E-state index in [2.05, 4.69) is 5.90 Å². The molecule has 2 atom stereocenters. The molecule has 0 radical (unpaired) electrons. The number of methoxy groups -OCH3 is 2. The van der Waals surface area contributed by atoms with Crippen molar-refractivity contribution in [3.63, 3.8) is 0 Å². The highest BCUT2D eigenvalue weighted by Crippen LogP contribution is 2.36. The molecule has 0 bridgehead atoms. The summed E-state index contributed by atoms with van der Waals surface area (Å²) < 4.78 is 10.8. The molecule has 0 aromatic heterocycles. The van der Waals surface area contributed by atoms with E-state index in [1.807, 2.05) is 13.8 Å². The quantitative estimate of drug-likeness (QED) is 0.412. The zero-order valence-electron chi connectivity index (χ0n) is 16.2. The summed E-state index contributed by atoms with van der Waals surface area (Å²) in [6, 6.07) is 2.78. The molecule has 0 saturated carbocycles. The lowest BCUT2D eigenvalue weighted by Gasteiger charge is -2.46. The average Bonchev–Trinajstić information content (AvgIpc) is 2.68. The van der Waals surface area contributed by atoms with Crippen molar-refractivity contribution in [3.8, 4) is 11.5 Å². The minimum Gasteiger partial charge on any atom is -0.493 e. The van der Waals surface area contributed by atoms with Gasteiger partial charge in [-0.25, -0.2) is 11.4 Å². The van der Waals surface area contributed by atoms with E-state index in [1.165, 1.54) is 12.0 Å². The third-order valence-electron chi connectivity index (χ3n) is 4.70. The van der Waals surface area contributed by atoms with E-state index in [-0.39, 0.29) is 11.8 Å². The molecule has 27 heavy (non-hydrogen) atoms. The fourth-order valence-corrected chi connectivity index (χ4v) is 3.35. The first-order chi connectivity index (χ1) is 13.0. The number of rotatable bonds is 7. The Morgan fingerprint density at radius 2 is 1.93 bits per heavy atom. The largest absolute Gasteiger partial charge is 0.493 e. The molecular weight excluding hydrogens is 354 g/mol. The van der Waals surface area contributed by atoms with Gasteiger partial charge in [0.1, 0.15) is 6.04 Å². The van der Waals surface area contributed by atoms with Gasteiger partial charge in [-0.05, 0) is 30.5 Å². The van der Waals surface area contributed by atoms with Gasteiger partial charge in [0, 0.05) is 18.0 Å². The number of nitrogens with zero attached hydrogens (tertiary/aromatic N) is 1. The van der Waals surface area contributed by atoms with Crippen LogP contribution in [0.3, 0.4) is 0 Å². The van der Waals surface area contributed by atoms with Crippen molar-refractivity contribution in [1.29, 1.82) is 0 Å². The molecule has 1 aliphatic rings. The van der Waals surface area contributed by atoms with E-state index in [4.69, 9.17) is 19.9 Å². The van der Waals surface area contributed by atoms with Crippen LogP contribution in [-0.4, -0.2) is 53.9 Å². The van der Waals surface area contributed by atoms with Crippen molar-refractivity contribution in [2.45, 2.75) is 39.2 Å². The number of hydrogen-bond donors (Lipinski definition) is 4. The number of aryl methyl sites for hydroxylation is 1. The van der Waals surface area contributed by atoms with Gasteiger partial charge in [-0.1, -0.05) is 20.3 Å². The Morgan fingerprint density at radius 3 is 2.41 bits per heavy atom. The normalized spacial score (nSPS) is 18.0. The van der Waals surface area contributed by atoms with E-state index in [1.54, 1.807) is 24.7 Å². The third-order valence-corrected chi connectivity index (χ3v) is 4.70. The molecule has 0 unspecified atom stereocenters. The van der Waals surface area contributed by atoms with Crippen LogP contribution >= 0.6 is 0 Å². The van der Waals surface area contributed by atoms with Crippen LogP contribution in [-0.2, 0) is 11.2 Å². The lowest BCUT2D eigenvalue weighted by Crippen LogP contribution is -2.64. The minimum absolute atomic E-state index is 0.0476. The maximum absolute atomic E-state index is 12.9. The molecule has 2 rings (SSSR count). The van der Waals surface area contributed by atoms with Gasteiger partial charge in [0.15, 0.2) is 11.5 Å². The predicted octanol–water partition coefficient (Wildman–Crippen LogP) is 1.35. The number of nitrogens with two attached hydrogens (primary N) is 1. The molecule has 1 fully saturated rings. The highest BCUT2D eigenvalue weighted by atomic mass is 16.5. The van der Waals surface area contributed by atoms with Crippen molar-refractivity contribution in [3.05, 3.63) is 23.3 Å². The molecule has 5 N–H and O–H groups in total. The van der Waals surface area contributed by atoms with Crippen LogP contribution < -0.4 is 20.9 Å². The number of amides is 2. The monoisotopic (exact) mass is 383 g/mol. The fourth-order valence-electron chi connectivity index (χ4n) is 3.35. The Hall–Kier alpha value is -2.36. The number of ether oxygens (including phenoxy) is 2. The van der Waals surface area contributed by atoms with Crippen LogP contribution in [0.1, 0.15) is 42.6 Å². The number of carbonyl (C=O) groups is 2. The van der Waals surface area contributed by atoms with Gasteiger partial charge >= 0.3 is 0 Å². The molecule has 0 spiro atoms. The van der Waals surface area contributed by atoms with Crippen LogP contribution in [0.4, 0.5) is 0 Å². The predicted molar refractivity (Wildman–Crippen MR) is 98.0 cm³/mol. The van der Waals surface area contributed by atoms with Crippen LogP contribution in [0.15, 0.2) is 12.1 Å². The van der Waals surface area contributed by atoms with Gasteiger partial charge < -0.3 is 19.6 Å². The second-order valence-electron chi connectivity index (χ2n) is 6.17. The molecule has 9 nitrogen and oxygen atoms in total. The summed E-state index contributed by atoms with van der Waals surface area (Å²) in [5, 5.41) is 15.4. The zero-order chi connectivity index (χ0) is 20.6. The van der Waals surface area contributed by atoms with E-state index in [9.17, 15) is 9.59 Å². The van der Waals surface area contributed by atoms with E-state index in [0.717, 1.165) is 24.8 Å². The molecule has 0 aliphatic carbocycles. The molecular formula is C18H29N3O6. The number of hydrogen-bond acceptors (Lipinski definition) is 7. The summed E-state index contributed by atoms with van der Waals surface area (Å²) in [7, 11) is 3.10. The Morgan fingerprint density at radius 1 is 1.26 bits per heavy atom. The standard InChI is InChI=1S/C18H26N2O5.H3NO/c1-5-7-12-8-13(9-14(24-3)16(12)25-4)18(22)20-10-11(6-2)15(20)17(21)19-23;1-2/h8-9,11,15,23H,5-7,10H2,1-4H3,(H,19,21);2H,1H2/t11-,15-;/m1./s1. The van der Waals surface area contributed by atoms with E-state index < -0.39 is 11.9 Å². The van der Waals surface area contributed by atoms with Crippen molar-refractivity contribution < 1.29 is 29.5 Å². The highest BCUT2D eigenvalue weighted by molar-refractivity contribution is 5.99. The summed E-state index contributed by atoms with van der Waals surface area (Å²) in [5.74, 6) is 3.86. The summed E-state index contributed by atoms with van der Waals surface area (Å²) in [6.45, 7) is 4.49. The molecule has 1 heterocycles. The van der Waals surface area contributed by atoms with Gasteiger partial charge in [0.2, 0.25) is 0 Å². The van der Waals surface area contributed by atoms with Crippen molar-refractivity contribution >= 4 is 11.8 Å². The maximum Gasteiger partial charge on any atom is 0.266 e. The molecule has 1 aromatic rings. The fraction of sp³-hybridized carbons (Fsp3) is 0.556. The lowest BCUT2D eigenvalue weighted by molar-refractivity contribution is -0.141. The van der Waals surface area contributed by atoms with E-state index in [0.29, 0.717) is 23.6 Å². The summed E-state index contributed by atoms with van der Waals surface area (Å²) in [6.07, 6.45) is 2.40. The first-order valence-corrected chi connectivity index (χ1v) is 8.77. The molecule has 9 heteroatoms. The van der Waals surface area contributed by atoms with Crippen LogP contribution in [0.5, 0.6) is 11.5 Å². The van der Waals surface area contributed by atoms with E-state index >= 15 is 0 Å². The van der Waals surface area contributed by atoms with Crippen LogP contribution in [0.25, 0.3) is 0 Å².